The molecule has 0 aliphatic carbocycles. The Morgan fingerprint density at radius 3 is 2.85 bits per heavy atom. The lowest BCUT2D eigenvalue weighted by Crippen LogP contribution is -2.24. The van der Waals surface area contributed by atoms with Gasteiger partial charge in [-0.2, -0.15) is 4.98 Å². The molecule has 2 heterocycles. The second-order valence-corrected chi connectivity index (χ2v) is 4.29. The number of nitrogens with one attached hydrogen (secondary N) is 1. The maximum absolute atomic E-state index is 12.1. The van der Waals surface area contributed by atoms with Crippen LogP contribution in [-0.4, -0.2) is 31.9 Å². The second-order valence-electron chi connectivity index (χ2n) is 4.29. The maximum Gasteiger partial charge on any atom is 0.414 e. The summed E-state index contributed by atoms with van der Waals surface area (Å²) < 4.78 is 7.78. The molecule has 0 saturated carbocycles. The highest BCUT2D eigenvalue weighted by atomic mass is 16.5. The molecule has 8 nitrogen and oxygen atoms in total. The number of anilines is 1. The number of carbonyl (C=O) groups excluding carboxylic acids is 1. The Bertz CT molecular complexity index is 688. The van der Waals surface area contributed by atoms with E-state index in [1.54, 1.807) is 24.6 Å². The van der Waals surface area contributed by atoms with Gasteiger partial charge in [0.15, 0.2) is 0 Å². The smallest absolute Gasteiger partial charge is 0.414 e. The average molecular weight is 279 g/mol. The van der Waals surface area contributed by atoms with Crippen molar-refractivity contribution in [2.24, 2.45) is 0 Å². The molecule has 0 aliphatic rings. The molecule has 2 aromatic rings. The third-order valence-electron chi connectivity index (χ3n) is 2.69. The number of amides is 1. The molecular formula is C12H17N5O3. The molecule has 0 radical (unpaired) electrons. The molecule has 0 aliphatic heterocycles. The van der Waals surface area contributed by atoms with Gasteiger partial charge < -0.3 is 4.74 Å². The fraction of sp³-hybridized carbons (Fsp3) is 0.500. The SMILES string of the molecule is CCCn1c(=O)c(C)cn2nc(NC(=O)OCC)nc12. The zero-order valence-electron chi connectivity index (χ0n) is 11.7. The Balaban J connectivity index is 2.45. The van der Waals surface area contributed by atoms with Crippen LogP contribution in [0.1, 0.15) is 25.8 Å². The molecule has 1 N–H and O–H groups in total. The molecule has 0 saturated heterocycles. The van der Waals surface area contributed by atoms with Gasteiger partial charge in [-0.05, 0) is 20.3 Å². The molecule has 8 heteroatoms. The highest BCUT2D eigenvalue weighted by Crippen LogP contribution is 2.06. The van der Waals surface area contributed by atoms with Crippen LogP contribution in [0.4, 0.5) is 10.7 Å². The van der Waals surface area contributed by atoms with Crippen molar-refractivity contribution in [2.75, 3.05) is 11.9 Å². The molecule has 2 rings (SSSR count). The van der Waals surface area contributed by atoms with E-state index < -0.39 is 6.09 Å². The summed E-state index contributed by atoms with van der Waals surface area (Å²) in [5, 5.41) is 6.53. The topological polar surface area (TPSA) is 90.5 Å². The van der Waals surface area contributed by atoms with E-state index >= 15 is 0 Å². The fourth-order valence-electron chi connectivity index (χ4n) is 1.86. The lowest BCUT2D eigenvalue weighted by molar-refractivity contribution is 0.167. The largest absolute Gasteiger partial charge is 0.450 e. The normalized spacial score (nSPS) is 10.8. The number of aryl methyl sites for hydroxylation is 2. The van der Waals surface area contributed by atoms with Crippen LogP contribution in [0.5, 0.6) is 0 Å². The summed E-state index contributed by atoms with van der Waals surface area (Å²) in [5.74, 6) is 0.507. The zero-order chi connectivity index (χ0) is 14.7. The van der Waals surface area contributed by atoms with E-state index in [0.29, 0.717) is 17.9 Å². The van der Waals surface area contributed by atoms with Crippen LogP contribution >= 0.6 is 0 Å². The first-order valence-electron chi connectivity index (χ1n) is 6.47. The van der Waals surface area contributed by atoms with Crippen molar-refractivity contribution in [3.05, 3.63) is 22.1 Å². The quantitative estimate of drug-likeness (QED) is 0.907. The van der Waals surface area contributed by atoms with E-state index in [1.165, 1.54) is 4.52 Å². The van der Waals surface area contributed by atoms with Crippen LogP contribution in [0.15, 0.2) is 11.0 Å². The van der Waals surface area contributed by atoms with E-state index in [4.69, 9.17) is 4.74 Å². The molecule has 0 spiro atoms. The standard InChI is InChI=1S/C12H17N5O3/c1-4-6-16-9(18)8(3)7-17-11(16)13-10(15-17)14-12(19)20-5-2/h7H,4-6H2,1-3H3,(H,14,15,19). The van der Waals surface area contributed by atoms with Crippen molar-refractivity contribution in [1.29, 1.82) is 0 Å². The lowest BCUT2D eigenvalue weighted by Gasteiger charge is -2.05. The second kappa shape index (κ2) is 5.72. The average Bonchev–Trinajstić information content (AvgIpc) is 2.77. The van der Waals surface area contributed by atoms with Gasteiger partial charge in [-0.15, -0.1) is 5.10 Å². The van der Waals surface area contributed by atoms with Gasteiger partial charge in [-0.25, -0.2) is 9.31 Å². The third kappa shape index (κ3) is 2.63. The van der Waals surface area contributed by atoms with Gasteiger partial charge >= 0.3 is 6.09 Å². The molecule has 1 amide bonds. The van der Waals surface area contributed by atoms with E-state index in [0.717, 1.165) is 6.42 Å². The molecule has 0 aromatic carbocycles. The molecule has 108 valence electrons. The summed E-state index contributed by atoms with van der Waals surface area (Å²) in [6, 6.07) is 0. The van der Waals surface area contributed by atoms with Crippen LogP contribution < -0.4 is 10.9 Å². The van der Waals surface area contributed by atoms with Crippen molar-refractivity contribution < 1.29 is 9.53 Å². The van der Waals surface area contributed by atoms with Crippen molar-refractivity contribution in [3.63, 3.8) is 0 Å². The highest BCUT2D eigenvalue weighted by molar-refractivity contribution is 5.82. The van der Waals surface area contributed by atoms with Gasteiger partial charge in [-0.1, -0.05) is 6.92 Å². The first kappa shape index (κ1) is 14.0. The van der Waals surface area contributed by atoms with Crippen molar-refractivity contribution in [1.82, 2.24) is 19.2 Å². The van der Waals surface area contributed by atoms with Gasteiger partial charge in [0.25, 0.3) is 11.5 Å². The van der Waals surface area contributed by atoms with Gasteiger partial charge in [-0.3, -0.25) is 14.7 Å². The molecular weight excluding hydrogens is 262 g/mol. The van der Waals surface area contributed by atoms with Gasteiger partial charge in [0, 0.05) is 18.3 Å². The van der Waals surface area contributed by atoms with Gasteiger partial charge in [0.05, 0.1) is 6.61 Å². The van der Waals surface area contributed by atoms with Gasteiger partial charge in [0.2, 0.25) is 5.78 Å². The van der Waals surface area contributed by atoms with E-state index in [2.05, 4.69) is 15.4 Å². The molecule has 20 heavy (non-hydrogen) atoms. The Labute approximate surface area is 115 Å². The summed E-state index contributed by atoms with van der Waals surface area (Å²) in [7, 11) is 0. The van der Waals surface area contributed by atoms with Crippen LogP contribution in [0, 0.1) is 6.92 Å². The third-order valence-corrected chi connectivity index (χ3v) is 2.69. The molecule has 2 aromatic heterocycles. The number of ether oxygens (including phenoxy) is 1. The Kier molecular flexibility index (Phi) is 4.02. The number of carbonyl (C=O) groups is 1. The van der Waals surface area contributed by atoms with Crippen molar-refractivity contribution >= 4 is 17.8 Å². The number of aromatic nitrogens is 4. The number of fused-ring (bicyclic) bond motifs is 1. The monoisotopic (exact) mass is 279 g/mol. The molecule has 0 atom stereocenters. The summed E-state index contributed by atoms with van der Waals surface area (Å²) >= 11 is 0. The zero-order valence-corrected chi connectivity index (χ0v) is 11.7. The maximum atomic E-state index is 12.1. The van der Waals surface area contributed by atoms with Crippen LogP contribution in [-0.2, 0) is 11.3 Å². The number of hydrogen-bond donors (Lipinski definition) is 1. The predicted molar refractivity (Wildman–Crippen MR) is 72.9 cm³/mol. The number of hydrogen-bond acceptors (Lipinski definition) is 5. The first-order chi connectivity index (χ1) is 9.56. The molecule has 0 unspecified atom stereocenters. The summed E-state index contributed by atoms with van der Waals surface area (Å²) in [5.41, 5.74) is 0.466. The Morgan fingerprint density at radius 2 is 2.20 bits per heavy atom. The van der Waals surface area contributed by atoms with Crippen LogP contribution in [0.25, 0.3) is 5.78 Å². The summed E-state index contributed by atoms with van der Waals surface area (Å²) in [6.07, 6.45) is 1.77. The molecule has 0 fully saturated rings. The van der Waals surface area contributed by atoms with E-state index in [1.807, 2.05) is 6.92 Å². The predicted octanol–water partition coefficient (Wildman–Crippen LogP) is 1.18. The lowest BCUT2D eigenvalue weighted by atomic mass is 10.3. The van der Waals surface area contributed by atoms with Crippen molar-refractivity contribution in [2.45, 2.75) is 33.7 Å². The van der Waals surface area contributed by atoms with E-state index in [9.17, 15) is 9.59 Å². The summed E-state index contributed by atoms with van der Waals surface area (Å²) in [4.78, 5) is 27.6. The molecule has 0 bridgehead atoms. The Morgan fingerprint density at radius 1 is 1.45 bits per heavy atom. The van der Waals surface area contributed by atoms with Crippen LogP contribution in [0.2, 0.25) is 0 Å². The minimum atomic E-state index is -0.621. The van der Waals surface area contributed by atoms with Gasteiger partial charge in [0.1, 0.15) is 0 Å². The number of nitrogens with zero attached hydrogens (tertiary/aromatic N) is 4. The fourth-order valence-corrected chi connectivity index (χ4v) is 1.86. The minimum Gasteiger partial charge on any atom is -0.450 e. The minimum absolute atomic E-state index is 0.102. The Hall–Kier alpha value is -2.38. The summed E-state index contributed by atoms with van der Waals surface area (Å²) in [6.45, 7) is 6.20. The van der Waals surface area contributed by atoms with E-state index in [-0.39, 0.29) is 18.1 Å². The first-order valence-corrected chi connectivity index (χ1v) is 6.47. The highest BCUT2D eigenvalue weighted by Gasteiger charge is 2.13. The number of rotatable bonds is 4. The van der Waals surface area contributed by atoms with Crippen molar-refractivity contribution in [3.8, 4) is 0 Å². The van der Waals surface area contributed by atoms with Crippen LogP contribution in [0.3, 0.4) is 0 Å².